The molecule has 0 radical (unpaired) electrons. The topological polar surface area (TPSA) is 48.0 Å². The van der Waals surface area contributed by atoms with Gasteiger partial charge in [-0.05, 0) is 24.1 Å². The summed E-state index contributed by atoms with van der Waals surface area (Å²) in [6, 6.07) is 11.0. The number of nitrogen functional groups attached to an aromatic ring is 1. The molecule has 0 spiro atoms. The van der Waals surface area contributed by atoms with E-state index in [1.54, 1.807) is 10.6 Å². The summed E-state index contributed by atoms with van der Waals surface area (Å²) in [6.07, 6.45) is 1.84. The van der Waals surface area contributed by atoms with Gasteiger partial charge in [-0.25, -0.2) is 0 Å². The molecule has 1 aromatic heterocycles. The van der Waals surface area contributed by atoms with Crippen molar-refractivity contribution in [3.63, 3.8) is 0 Å². The summed E-state index contributed by atoms with van der Waals surface area (Å²) >= 11 is 0. The minimum absolute atomic E-state index is 0.00569. The van der Waals surface area contributed by atoms with Gasteiger partial charge >= 0.3 is 0 Å². The second-order valence-electron chi connectivity index (χ2n) is 3.87. The molecule has 0 unspecified atom stereocenters. The fraction of sp³-hybridized carbons (Fsp3) is 0.154. The number of aryl methyl sites for hydroxylation is 1. The highest BCUT2D eigenvalue weighted by Crippen LogP contribution is 2.11. The van der Waals surface area contributed by atoms with Crippen molar-refractivity contribution >= 4 is 5.69 Å². The average Bonchev–Trinajstić information content (AvgIpc) is 2.27. The Morgan fingerprint density at radius 2 is 1.94 bits per heavy atom. The molecule has 0 saturated carbocycles. The van der Waals surface area contributed by atoms with Crippen molar-refractivity contribution in [1.29, 1.82) is 0 Å². The van der Waals surface area contributed by atoms with Crippen LogP contribution in [0.15, 0.2) is 47.4 Å². The van der Waals surface area contributed by atoms with Crippen LogP contribution in [0, 0.1) is 6.92 Å². The molecule has 82 valence electrons. The van der Waals surface area contributed by atoms with E-state index in [0.717, 1.165) is 16.8 Å². The lowest BCUT2D eigenvalue weighted by Gasteiger charge is -2.08. The number of hydrogen-bond acceptors (Lipinski definition) is 2. The van der Waals surface area contributed by atoms with E-state index in [2.05, 4.69) is 0 Å². The van der Waals surface area contributed by atoms with Crippen LogP contribution in [0.2, 0.25) is 0 Å². The lowest BCUT2D eigenvalue weighted by Crippen LogP contribution is -2.19. The SMILES string of the molecule is Cc1ccc(=O)n(Cc2ccccc2N)c1. The van der Waals surface area contributed by atoms with E-state index in [4.69, 9.17) is 5.73 Å². The van der Waals surface area contributed by atoms with Gasteiger partial charge in [0.15, 0.2) is 0 Å². The van der Waals surface area contributed by atoms with Crippen molar-refractivity contribution in [2.24, 2.45) is 0 Å². The molecular weight excluding hydrogens is 200 g/mol. The highest BCUT2D eigenvalue weighted by molar-refractivity contribution is 5.46. The third-order valence-corrected chi connectivity index (χ3v) is 2.53. The Balaban J connectivity index is 2.38. The Bertz CT molecular complexity index is 558. The highest BCUT2D eigenvalue weighted by Gasteiger charge is 2.01. The van der Waals surface area contributed by atoms with Gasteiger partial charge in [0.1, 0.15) is 0 Å². The molecule has 0 saturated heterocycles. The van der Waals surface area contributed by atoms with Crippen molar-refractivity contribution in [2.45, 2.75) is 13.5 Å². The van der Waals surface area contributed by atoms with E-state index in [1.807, 2.05) is 43.5 Å². The van der Waals surface area contributed by atoms with E-state index < -0.39 is 0 Å². The number of nitrogens with two attached hydrogens (primary N) is 1. The van der Waals surface area contributed by atoms with Gasteiger partial charge < -0.3 is 10.3 Å². The molecule has 3 nitrogen and oxygen atoms in total. The molecule has 0 aliphatic heterocycles. The minimum Gasteiger partial charge on any atom is -0.398 e. The van der Waals surface area contributed by atoms with Gasteiger partial charge in [0, 0.05) is 18.0 Å². The number of aromatic nitrogens is 1. The molecule has 2 rings (SSSR count). The Hall–Kier alpha value is -2.03. The molecule has 1 aromatic carbocycles. The van der Waals surface area contributed by atoms with Crippen molar-refractivity contribution < 1.29 is 0 Å². The summed E-state index contributed by atoms with van der Waals surface area (Å²) in [5, 5.41) is 0. The molecule has 0 fully saturated rings. The lowest BCUT2D eigenvalue weighted by atomic mass is 10.2. The summed E-state index contributed by atoms with van der Waals surface area (Å²) in [6.45, 7) is 2.48. The zero-order chi connectivity index (χ0) is 11.5. The Labute approximate surface area is 94.1 Å². The zero-order valence-electron chi connectivity index (χ0n) is 9.18. The smallest absolute Gasteiger partial charge is 0.250 e. The lowest BCUT2D eigenvalue weighted by molar-refractivity contribution is 0.756. The molecule has 16 heavy (non-hydrogen) atoms. The van der Waals surface area contributed by atoms with Crippen molar-refractivity contribution in [3.05, 3.63) is 64.1 Å². The molecule has 1 heterocycles. The van der Waals surface area contributed by atoms with Gasteiger partial charge in [-0.2, -0.15) is 0 Å². The van der Waals surface area contributed by atoms with Crippen LogP contribution in [0.4, 0.5) is 5.69 Å². The number of para-hydroxylation sites is 1. The van der Waals surface area contributed by atoms with Crippen LogP contribution >= 0.6 is 0 Å². The number of benzene rings is 1. The molecule has 0 bridgehead atoms. The first-order valence-corrected chi connectivity index (χ1v) is 5.17. The average molecular weight is 214 g/mol. The maximum atomic E-state index is 11.6. The van der Waals surface area contributed by atoms with Gasteiger partial charge in [-0.3, -0.25) is 4.79 Å². The first kappa shape index (κ1) is 10.5. The summed E-state index contributed by atoms with van der Waals surface area (Å²) in [4.78, 5) is 11.6. The monoisotopic (exact) mass is 214 g/mol. The van der Waals surface area contributed by atoms with Gasteiger partial charge in [0.05, 0.1) is 6.54 Å². The van der Waals surface area contributed by atoms with Crippen LogP contribution < -0.4 is 11.3 Å². The van der Waals surface area contributed by atoms with E-state index in [0.29, 0.717) is 6.54 Å². The standard InChI is InChI=1S/C13H14N2O/c1-10-6-7-13(16)15(8-10)9-11-4-2-3-5-12(11)14/h2-8H,9,14H2,1H3. The van der Waals surface area contributed by atoms with Gasteiger partial charge in [-0.15, -0.1) is 0 Å². The number of rotatable bonds is 2. The number of hydrogen-bond donors (Lipinski definition) is 1. The van der Waals surface area contributed by atoms with Crippen LogP contribution in [0.1, 0.15) is 11.1 Å². The maximum Gasteiger partial charge on any atom is 0.250 e. The Morgan fingerprint density at radius 1 is 1.19 bits per heavy atom. The zero-order valence-corrected chi connectivity index (χ0v) is 9.18. The third kappa shape index (κ3) is 2.14. The van der Waals surface area contributed by atoms with E-state index >= 15 is 0 Å². The molecule has 0 aliphatic rings. The van der Waals surface area contributed by atoms with E-state index in [-0.39, 0.29) is 5.56 Å². The molecule has 0 atom stereocenters. The van der Waals surface area contributed by atoms with Gasteiger partial charge in [0.2, 0.25) is 0 Å². The minimum atomic E-state index is -0.00569. The normalized spacial score (nSPS) is 10.3. The summed E-state index contributed by atoms with van der Waals surface area (Å²) in [7, 11) is 0. The van der Waals surface area contributed by atoms with Crippen LogP contribution in [0.5, 0.6) is 0 Å². The fourth-order valence-electron chi connectivity index (χ4n) is 1.64. The first-order chi connectivity index (χ1) is 7.66. The Morgan fingerprint density at radius 3 is 2.69 bits per heavy atom. The summed E-state index contributed by atoms with van der Waals surface area (Å²) < 4.78 is 1.67. The molecule has 3 heteroatoms. The summed E-state index contributed by atoms with van der Waals surface area (Å²) in [5.74, 6) is 0. The molecule has 2 aromatic rings. The van der Waals surface area contributed by atoms with Crippen molar-refractivity contribution in [2.75, 3.05) is 5.73 Å². The number of nitrogens with zero attached hydrogens (tertiary/aromatic N) is 1. The predicted molar refractivity (Wildman–Crippen MR) is 65.4 cm³/mol. The Kier molecular flexibility index (Phi) is 2.77. The predicted octanol–water partition coefficient (Wildman–Crippen LogP) is 1.79. The molecule has 0 amide bonds. The highest BCUT2D eigenvalue weighted by atomic mass is 16.1. The fourth-order valence-corrected chi connectivity index (χ4v) is 1.64. The van der Waals surface area contributed by atoms with Crippen LogP contribution in [-0.2, 0) is 6.54 Å². The second kappa shape index (κ2) is 4.23. The van der Waals surface area contributed by atoms with Crippen molar-refractivity contribution in [1.82, 2.24) is 4.57 Å². The number of pyridine rings is 1. The van der Waals surface area contributed by atoms with Crippen molar-refractivity contribution in [3.8, 4) is 0 Å². The largest absolute Gasteiger partial charge is 0.398 e. The van der Waals surface area contributed by atoms with E-state index in [9.17, 15) is 4.79 Å². The van der Waals surface area contributed by atoms with Crippen LogP contribution in [0.25, 0.3) is 0 Å². The van der Waals surface area contributed by atoms with Gasteiger partial charge in [-0.1, -0.05) is 24.3 Å². The number of anilines is 1. The second-order valence-corrected chi connectivity index (χ2v) is 3.87. The first-order valence-electron chi connectivity index (χ1n) is 5.17. The van der Waals surface area contributed by atoms with E-state index in [1.165, 1.54) is 0 Å². The molecule has 0 aliphatic carbocycles. The maximum absolute atomic E-state index is 11.6. The molecule has 2 N–H and O–H groups in total. The third-order valence-electron chi connectivity index (χ3n) is 2.53. The van der Waals surface area contributed by atoms with Crippen LogP contribution in [0.3, 0.4) is 0 Å². The van der Waals surface area contributed by atoms with Gasteiger partial charge in [0.25, 0.3) is 5.56 Å². The quantitative estimate of drug-likeness (QED) is 0.775. The molecular formula is C13H14N2O. The summed E-state index contributed by atoms with van der Waals surface area (Å²) in [5.41, 5.74) is 8.59. The van der Waals surface area contributed by atoms with Crippen LogP contribution in [-0.4, -0.2) is 4.57 Å².